The van der Waals surface area contributed by atoms with Gasteiger partial charge in [-0.3, -0.25) is 4.79 Å². The van der Waals surface area contributed by atoms with Crippen LogP contribution in [0.1, 0.15) is 41.6 Å². The molecule has 0 radical (unpaired) electrons. The molecule has 0 aliphatic heterocycles. The standard InChI is InChI=1S/C12H13FO2/c1-7(14)9-5-10(8-3-4-8)12(15-2)6-11(9)13/h5-6,8H,3-4H2,1-2H3. The van der Waals surface area contributed by atoms with Crippen LogP contribution in [0.3, 0.4) is 0 Å². The van der Waals surface area contributed by atoms with Gasteiger partial charge in [0.1, 0.15) is 11.6 Å². The molecule has 1 aromatic rings. The number of Topliss-reactive ketones (excluding diaryl/α,β-unsaturated/α-hetero) is 1. The summed E-state index contributed by atoms with van der Waals surface area (Å²) in [5, 5.41) is 0. The van der Waals surface area contributed by atoms with Crippen LogP contribution in [0.2, 0.25) is 0 Å². The number of rotatable bonds is 3. The van der Waals surface area contributed by atoms with Crippen molar-refractivity contribution in [3.8, 4) is 5.75 Å². The van der Waals surface area contributed by atoms with Gasteiger partial charge in [-0.1, -0.05) is 0 Å². The molecular formula is C12H13FO2. The van der Waals surface area contributed by atoms with Crippen molar-refractivity contribution in [2.24, 2.45) is 0 Å². The molecule has 1 aliphatic rings. The molecule has 0 bridgehead atoms. The molecule has 3 heteroatoms. The van der Waals surface area contributed by atoms with Gasteiger partial charge < -0.3 is 4.74 Å². The fourth-order valence-electron chi connectivity index (χ4n) is 1.73. The Bertz CT molecular complexity index is 408. The Morgan fingerprint density at radius 3 is 2.60 bits per heavy atom. The summed E-state index contributed by atoms with van der Waals surface area (Å²) >= 11 is 0. The highest BCUT2D eigenvalue weighted by Gasteiger charge is 2.28. The lowest BCUT2D eigenvalue weighted by Crippen LogP contribution is -2.01. The first-order chi connectivity index (χ1) is 7.13. The first-order valence-corrected chi connectivity index (χ1v) is 5.02. The summed E-state index contributed by atoms with van der Waals surface area (Å²) in [5.41, 5.74) is 1.13. The van der Waals surface area contributed by atoms with Crippen LogP contribution in [0, 0.1) is 5.82 Å². The third kappa shape index (κ3) is 1.87. The Morgan fingerprint density at radius 2 is 2.13 bits per heavy atom. The van der Waals surface area contributed by atoms with E-state index in [1.807, 2.05) is 0 Å². The fraction of sp³-hybridized carbons (Fsp3) is 0.417. The minimum Gasteiger partial charge on any atom is -0.496 e. The molecule has 1 aromatic carbocycles. The topological polar surface area (TPSA) is 26.3 Å². The summed E-state index contributed by atoms with van der Waals surface area (Å²) in [4.78, 5) is 11.2. The number of benzene rings is 1. The summed E-state index contributed by atoms with van der Waals surface area (Å²) in [6.07, 6.45) is 2.19. The van der Waals surface area contributed by atoms with Crippen molar-refractivity contribution in [2.75, 3.05) is 7.11 Å². The second kappa shape index (κ2) is 3.65. The summed E-state index contributed by atoms with van der Waals surface area (Å²) in [7, 11) is 1.52. The third-order valence-corrected chi connectivity index (χ3v) is 2.72. The monoisotopic (exact) mass is 208 g/mol. The maximum atomic E-state index is 13.5. The molecule has 2 nitrogen and oxygen atoms in total. The van der Waals surface area contributed by atoms with Crippen molar-refractivity contribution in [1.29, 1.82) is 0 Å². The fourth-order valence-corrected chi connectivity index (χ4v) is 1.73. The lowest BCUT2D eigenvalue weighted by atomic mass is 10.0. The van der Waals surface area contributed by atoms with E-state index in [0.717, 1.165) is 18.4 Å². The van der Waals surface area contributed by atoms with Gasteiger partial charge in [0.15, 0.2) is 5.78 Å². The van der Waals surface area contributed by atoms with E-state index < -0.39 is 5.82 Å². The molecule has 0 N–H and O–H groups in total. The minimum absolute atomic E-state index is 0.165. The van der Waals surface area contributed by atoms with E-state index in [1.165, 1.54) is 20.1 Å². The van der Waals surface area contributed by atoms with E-state index in [2.05, 4.69) is 0 Å². The highest BCUT2D eigenvalue weighted by Crippen LogP contribution is 2.45. The average molecular weight is 208 g/mol. The zero-order valence-electron chi connectivity index (χ0n) is 8.84. The van der Waals surface area contributed by atoms with Gasteiger partial charge in [-0.2, -0.15) is 0 Å². The Labute approximate surface area is 88.1 Å². The smallest absolute Gasteiger partial charge is 0.162 e. The largest absolute Gasteiger partial charge is 0.496 e. The summed E-state index contributed by atoms with van der Waals surface area (Å²) < 4.78 is 18.6. The van der Waals surface area contributed by atoms with Crippen LogP contribution in [-0.4, -0.2) is 12.9 Å². The van der Waals surface area contributed by atoms with Crippen LogP contribution in [0.25, 0.3) is 0 Å². The van der Waals surface area contributed by atoms with Crippen molar-refractivity contribution in [2.45, 2.75) is 25.7 Å². The number of ketones is 1. The molecule has 0 spiro atoms. The van der Waals surface area contributed by atoms with E-state index in [-0.39, 0.29) is 11.3 Å². The first-order valence-electron chi connectivity index (χ1n) is 5.02. The predicted molar refractivity (Wildman–Crippen MR) is 54.9 cm³/mol. The van der Waals surface area contributed by atoms with E-state index in [4.69, 9.17) is 4.74 Å². The van der Waals surface area contributed by atoms with Crippen LogP contribution in [-0.2, 0) is 0 Å². The van der Waals surface area contributed by atoms with Gasteiger partial charge in [0.25, 0.3) is 0 Å². The Hall–Kier alpha value is -1.38. The first kappa shape index (κ1) is 10.1. The number of hydrogen-bond acceptors (Lipinski definition) is 2. The van der Waals surface area contributed by atoms with Gasteiger partial charge in [-0.05, 0) is 37.3 Å². The van der Waals surface area contributed by atoms with Crippen molar-refractivity contribution in [1.82, 2.24) is 0 Å². The van der Waals surface area contributed by atoms with E-state index in [1.54, 1.807) is 6.07 Å². The number of hydrogen-bond donors (Lipinski definition) is 0. The molecule has 0 amide bonds. The molecule has 0 atom stereocenters. The molecule has 2 rings (SSSR count). The third-order valence-electron chi connectivity index (χ3n) is 2.72. The molecule has 0 saturated heterocycles. The van der Waals surface area contributed by atoms with E-state index in [9.17, 15) is 9.18 Å². The van der Waals surface area contributed by atoms with Crippen LogP contribution < -0.4 is 4.74 Å². The number of carbonyl (C=O) groups excluding carboxylic acids is 1. The summed E-state index contributed by atoms with van der Waals surface area (Å²) in [5.74, 6) is 0.263. The maximum Gasteiger partial charge on any atom is 0.162 e. The molecule has 15 heavy (non-hydrogen) atoms. The lowest BCUT2D eigenvalue weighted by Gasteiger charge is -2.09. The molecule has 1 aliphatic carbocycles. The SMILES string of the molecule is COc1cc(F)c(C(C)=O)cc1C1CC1. The molecule has 0 heterocycles. The van der Waals surface area contributed by atoms with Gasteiger partial charge in [0.2, 0.25) is 0 Å². The zero-order chi connectivity index (χ0) is 11.0. The molecule has 0 aromatic heterocycles. The molecule has 0 unspecified atom stereocenters. The number of ether oxygens (including phenoxy) is 1. The average Bonchev–Trinajstić information content (AvgIpc) is 3.00. The Balaban J connectivity index is 2.51. The number of halogens is 1. The molecule has 1 fully saturated rings. The van der Waals surface area contributed by atoms with Crippen LogP contribution in [0.5, 0.6) is 5.75 Å². The number of methoxy groups -OCH3 is 1. The van der Waals surface area contributed by atoms with Crippen molar-refractivity contribution < 1.29 is 13.9 Å². The normalized spacial score (nSPS) is 15.1. The summed E-state index contributed by atoms with van der Waals surface area (Å²) in [6.45, 7) is 1.38. The van der Waals surface area contributed by atoms with Gasteiger partial charge in [-0.15, -0.1) is 0 Å². The zero-order valence-corrected chi connectivity index (χ0v) is 8.84. The van der Waals surface area contributed by atoms with Gasteiger partial charge in [0, 0.05) is 6.07 Å². The Morgan fingerprint density at radius 1 is 1.47 bits per heavy atom. The lowest BCUT2D eigenvalue weighted by molar-refractivity contribution is 0.101. The van der Waals surface area contributed by atoms with Crippen LogP contribution in [0.4, 0.5) is 4.39 Å². The van der Waals surface area contributed by atoms with Gasteiger partial charge in [0.05, 0.1) is 12.7 Å². The van der Waals surface area contributed by atoms with Crippen LogP contribution >= 0.6 is 0 Å². The Kier molecular flexibility index (Phi) is 2.47. The molecule has 1 saturated carbocycles. The minimum atomic E-state index is -0.497. The summed E-state index contributed by atoms with van der Waals surface area (Å²) in [6, 6.07) is 2.94. The quantitative estimate of drug-likeness (QED) is 0.714. The van der Waals surface area contributed by atoms with E-state index >= 15 is 0 Å². The predicted octanol–water partition coefficient (Wildman–Crippen LogP) is 2.91. The maximum absolute atomic E-state index is 13.5. The second-order valence-electron chi connectivity index (χ2n) is 3.90. The van der Waals surface area contributed by atoms with Gasteiger partial charge >= 0.3 is 0 Å². The molecular weight excluding hydrogens is 195 g/mol. The van der Waals surface area contributed by atoms with Crippen molar-refractivity contribution in [3.05, 3.63) is 29.1 Å². The van der Waals surface area contributed by atoms with E-state index in [0.29, 0.717) is 11.7 Å². The van der Waals surface area contributed by atoms with Crippen molar-refractivity contribution >= 4 is 5.78 Å². The highest BCUT2D eigenvalue weighted by molar-refractivity contribution is 5.94. The van der Waals surface area contributed by atoms with Crippen LogP contribution in [0.15, 0.2) is 12.1 Å². The molecule has 80 valence electrons. The van der Waals surface area contributed by atoms with Crippen molar-refractivity contribution in [3.63, 3.8) is 0 Å². The number of carbonyl (C=O) groups is 1. The highest BCUT2D eigenvalue weighted by atomic mass is 19.1. The second-order valence-corrected chi connectivity index (χ2v) is 3.90. The van der Waals surface area contributed by atoms with Gasteiger partial charge in [-0.25, -0.2) is 4.39 Å².